The van der Waals surface area contributed by atoms with Gasteiger partial charge in [0.05, 0.1) is 5.52 Å². The van der Waals surface area contributed by atoms with Crippen molar-refractivity contribution >= 4 is 33.7 Å². The van der Waals surface area contributed by atoms with Crippen LogP contribution in [0.1, 0.15) is 11.5 Å². The van der Waals surface area contributed by atoms with Crippen LogP contribution >= 0.6 is 11.8 Å². The molecule has 0 amide bonds. The van der Waals surface area contributed by atoms with E-state index in [0.717, 1.165) is 27.5 Å². The lowest BCUT2D eigenvalue weighted by Gasteiger charge is -2.04. The number of rotatable bonds is 5. The number of benzene rings is 2. The molecule has 28 heavy (non-hydrogen) atoms. The highest BCUT2D eigenvalue weighted by atomic mass is 32.2. The number of H-pyrrole nitrogens is 1. The molecule has 0 spiro atoms. The molecular formula is C19H14N6O2S. The monoisotopic (exact) mass is 390 g/mol. The maximum atomic E-state index is 11.9. The summed E-state index contributed by atoms with van der Waals surface area (Å²) in [6.45, 7) is 0.349. The standard InChI is InChI=1S/C19H14N6O2S/c26-17-9-12(13-5-1-2-6-14(13)20-17)11-28-19-23-22-18(27-19)10-25-16-8-4-3-7-15(16)21-24-25/h1-9H,10-11H2,(H,20,26). The van der Waals surface area contributed by atoms with Gasteiger partial charge in [0.15, 0.2) is 0 Å². The van der Waals surface area contributed by atoms with Gasteiger partial charge in [0.1, 0.15) is 12.1 Å². The fourth-order valence-corrected chi connectivity index (χ4v) is 3.83. The molecule has 3 heterocycles. The summed E-state index contributed by atoms with van der Waals surface area (Å²) in [5, 5.41) is 17.9. The minimum atomic E-state index is -0.126. The van der Waals surface area contributed by atoms with Crippen LogP contribution in [0.4, 0.5) is 0 Å². The first-order chi connectivity index (χ1) is 13.8. The zero-order chi connectivity index (χ0) is 18.9. The lowest BCUT2D eigenvalue weighted by molar-refractivity contribution is 0.398. The molecule has 0 aliphatic rings. The number of para-hydroxylation sites is 2. The molecule has 0 radical (unpaired) electrons. The summed E-state index contributed by atoms with van der Waals surface area (Å²) in [6.07, 6.45) is 0. The number of thioether (sulfide) groups is 1. The molecule has 0 aliphatic carbocycles. The van der Waals surface area contributed by atoms with Gasteiger partial charge in [0, 0.05) is 22.7 Å². The van der Waals surface area contributed by atoms with E-state index in [1.54, 1.807) is 10.7 Å². The minimum Gasteiger partial charge on any atom is -0.414 e. The van der Waals surface area contributed by atoms with Crippen molar-refractivity contribution in [2.24, 2.45) is 0 Å². The van der Waals surface area contributed by atoms with Crippen LogP contribution in [-0.2, 0) is 12.3 Å². The third-order valence-electron chi connectivity index (χ3n) is 4.34. The maximum Gasteiger partial charge on any atom is 0.276 e. The molecule has 3 aromatic heterocycles. The lowest BCUT2D eigenvalue weighted by Crippen LogP contribution is -2.05. The van der Waals surface area contributed by atoms with E-state index in [0.29, 0.717) is 23.4 Å². The average molecular weight is 390 g/mol. The van der Waals surface area contributed by atoms with Gasteiger partial charge in [0.25, 0.3) is 5.22 Å². The van der Waals surface area contributed by atoms with Gasteiger partial charge in [-0.15, -0.1) is 15.3 Å². The van der Waals surface area contributed by atoms with Crippen LogP contribution in [0.15, 0.2) is 69.0 Å². The first kappa shape index (κ1) is 16.7. The molecule has 0 fully saturated rings. The molecule has 5 rings (SSSR count). The number of fused-ring (bicyclic) bond motifs is 2. The van der Waals surface area contributed by atoms with E-state index in [9.17, 15) is 4.79 Å². The fraction of sp³-hybridized carbons (Fsp3) is 0.105. The molecule has 5 aromatic rings. The zero-order valence-electron chi connectivity index (χ0n) is 14.6. The normalized spacial score (nSPS) is 11.4. The average Bonchev–Trinajstić information content (AvgIpc) is 3.33. The molecule has 0 saturated heterocycles. The van der Waals surface area contributed by atoms with Crippen LogP contribution in [0.25, 0.3) is 21.9 Å². The number of hydrogen-bond acceptors (Lipinski definition) is 7. The summed E-state index contributed by atoms with van der Waals surface area (Å²) < 4.78 is 7.46. The highest BCUT2D eigenvalue weighted by Crippen LogP contribution is 2.25. The van der Waals surface area contributed by atoms with Crippen molar-refractivity contribution in [3.8, 4) is 0 Å². The highest BCUT2D eigenvalue weighted by molar-refractivity contribution is 7.98. The Bertz CT molecular complexity index is 1340. The Labute approximate surface area is 162 Å². The Morgan fingerprint density at radius 2 is 1.89 bits per heavy atom. The number of nitrogens with one attached hydrogen (secondary N) is 1. The summed E-state index contributed by atoms with van der Waals surface area (Å²) in [4.78, 5) is 14.7. The smallest absolute Gasteiger partial charge is 0.276 e. The van der Waals surface area contributed by atoms with E-state index >= 15 is 0 Å². The molecule has 9 heteroatoms. The third kappa shape index (κ3) is 3.16. The molecule has 1 N–H and O–H groups in total. The van der Waals surface area contributed by atoms with Gasteiger partial charge in [-0.3, -0.25) is 4.79 Å². The summed E-state index contributed by atoms with van der Waals surface area (Å²) in [6, 6.07) is 17.0. The number of aromatic nitrogens is 6. The second kappa shape index (κ2) is 6.93. The summed E-state index contributed by atoms with van der Waals surface area (Å²) in [5.41, 5.74) is 3.34. The van der Waals surface area contributed by atoms with Crippen molar-refractivity contribution in [2.75, 3.05) is 0 Å². The van der Waals surface area contributed by atoms with E-state index in [4.69, 9.17) is 4.42 Å². The molecule has 0 atom stereocenters. The molecule has 0 bridgehead atoms. The molecule has 0 unspecified atom stereocenters. The van der Waals surface area contributed by atoms with Crippen LogP contribution in [0.3, 0.4) is 0 Å². The Kier molecular flexibility index (Phi) is 4.13. The van der Waals surface area contributed by atoms with E-state index < -0.39 is 0 Å². The molecular weight excluding hydrogens is 376 g/mol. The Hall–Kier alpha value is -3.46. The Balaban J connectivity index is 1.34. The van der Waals surface area contributed by atoms with Crippen molar-refractivity contribution in [2.45, 2.75) is 17.5 Å². The van der Waals surface area contributed by atoms with E-state index in [1.165, 1.54) is 11.8 Å². The molecule has 138 valence electrons. The largest absolute Gasteiger partial charge is 0.414 e. The third-order valence-corrected chi connectivity index (χ3v) is 5.21. The van der Waals surface area contributed by atoms with Gasteiger partial charge < -0.3 is 9.40 Å². The van der Waals surface area contributed by atoms with Crippen LogP contribution < -0.4 is 5.56 Å². The zero-order valence-corrected chi connectivity index (χ0v) is 15.4. The van der Waals surface area contributed by atoms with Crippen molar-refractivity contribution in [1.29, 1.82) is 0 Å². The van der Waals surface area contributed by atoms with Gasteiger partial charge >= 0.3 is 0 Å². The lowest BCUT2D eigenvalue weighted by atomic mass is 10.1. The van der Waals surface area contributed by atoms with Crippen molar-refractivity contribution in [3.05, 3.63) is 76.4 Å². The summed E-state index contributed by atoms with van der Waals surface area (Å²) in [7, 11) is 0. The first-order valence-electron chi connectivity index (χ1n) is 8.60. The summed E-state index contributed by atoms with van der Waals surface area (Å²) >= 11 is 1.40. The molecule has 0 aliphatic heterocycles. The first-order valence-corrected chi connectivity index (χ1v) is 9.59. The second-order valence-electron chi connectivity index (χ2n) is 6.19. The number of hydrogen-bond donors (Lipinski definition) is 1. The van der Waals surface area contributed by atoms with Crippen LogP contribution in [0, 0.1) is 0 Å². The van der Waals surface area contributed by atoms with Gasteiger partial charge in [-0.05, 0) is 23.8 Å². The minimum absolute atomic E-state index is 0.126. The number of nitrogens with zero attached hydrogens (tertiary/aromatic N) is 5. The maximum absolute atomic E-state index is 11.9. The van der Waals surface area contributed by atoms with Crippen molar-refractivity contribution < 1.29 is 4.42 Å². The molecule has 2 aromatic carbocycles. The van der Waals surface area contributed by atoms with Gasteiger partial charge in [-0.1, -0.05) is 47.3 Å². The summed E-state index contributed by atoms with van der Waals surface area (Å²) in [5.74, 6) is 1.01. The second-order valence-corrected chi connectivity index (χ2v) is 7.12. The Morgan fingerprint density at radius 1 is 1.04 bits per heavy atom. The molecule has 8 nitrogen and oxygen atoms in total. The quantitative estimate of drug-likeness (QED) is 0.460. The van der Waals surface area contributed by atoms with Gasteiger partial charge in [-0.2, -0.15) is 0 Å². The molecule has 0 saturated carbocycles. The van der Waals surface area contributed by atoms with Crippen LogP contribution in [-0.4, -0.2) is 30.2 Å². The van der Waals surface area contributed by atoms with Crippen molar-refractivity contribution in [1.82, 2.24) is 30.2 Å². The van der Waals surface area contributed by atoms with Gasteiger partial charge in [0.2, 0.25) is 11.4 Å². The number of aromatic amines is 1. The van der Waals surface area contributed by atoms with Crippen LogP contribution in [0.5, 0.6) is 0 Å². The van der Waals surface area contributed by atoms with Crippen molar-refractivity contribution in [3.63, 3.8) is 0 Å². The van der Waals surface area contributed by atoms with E-state index in [-0.39, 0.29) is 5.56 Å². The Morgan fingerprint density at radius 3 is 2.86 bits per heavy atom. The number of pyridine rings is 1. The predicted octanol–water partition coefficient (Wildman–Crippen LogP) is 3.00. The predicted molar refractivity (Wildman–Crippen MR) is 105 cm³/mol. The van der Waals surface area contributed by atoms with Crippen LogP contribution in [0.2, 0.25) is 0 Å². The fourth-order valence-electron chi connectivity index (χ4n) is 3.06. The van der Waals surface area contributed by atoms with Gasteiger partial charge in [-0.25, -0.2) is 4.68 Å². The van der Waals surface area contributed by atoms with E-state index in [2.05, 4.69) is 25.5 Å². The topological polar surface area (TPSA) is 102 Å². The van der Waals surface area contributed by atoms with E-state index in [1.807, 2.05) is 48.5 Å². The SMILES string of the molecule is O=c1cc(CSc2nnc(Cn3nnc4ccccc43)o2)c2ccccc2[nH]1. The highest BCUT2D eigenvalue weighted by Gasteiger charge is 2.12.